The first kappa shape index (κ1) is 28.8. The zero-order valence-corrected chi connectivity index (χ0v) is 20.2. The van der Waals surface area contributed by atoms with Gasteiger partial charge in [0.1, 0.15) is 0 Å². The van der Waals surface area contributed by atoms with Crippen molar-refractivity contribution in [1.29, 1.82) is 0 Å². The number of nitrogens with one attached hydrogen (secondary N) is 3. The van der Waals surface area contributed by atoms with Crippen molar-refractivity contribution >= 4 is 17.8 Å². The van der Waals surface area contributed by atoms with Gasteiger partial charge in [0.2, 0.25) is 17.8 Å². The average molecular weight is 541 g/mol. The lowest BCUT2D eigenvalue weighted by atomic mass is 9.96. The summed E-state index contributed by atoms with van der Waals surface area (Å²) in [5, 5.41) is 2.75. The molecule has 37 heavy (non-hydrogen) atoms. The number of carbonyl (C=O) groups is 2. The second-order valence-electron chi connectivity index (χ2n) is 9.04. The van der Waals surface area contributed by atoms with Crippen molar-refractivity contribution in [3.63, 3.8) is 0 Å². The molecule has 208 valence electrons. The summed E-state index contributed by atoms with van der Waals surface area (Å²) in [7, 11) is 0. The molecule has 3 rings (SSSR count). The second kappa shape index (κ2) is 11.8. The number of alkyl halides is 6. The zero-order chi connectivity index (χ0) is 27.4. The van der Waals surface area contributed by atoms with Gasteiger partial charge in [-0.3, -0.25) is 15.0 Å². The van der Waals surface area contributed by atoms with Crippen molar-refractivity contribution in [1.82, 2.24) is 31.0 Å². The molecule has 3 N–H and O–H groups in total. The first-order valence-corrected chi connectivity index (χ1v) is 11.6. The number of aromatic nitrogens is 2. The Kier molecular flexibility index (Phi) is 9.18. The number of nitrogens with zero attached hydrogens (tertiary/aromatic N) is 4. The third-order valence-corrected chi connectivity index (χ3v) is 6.09. The number of carbonyl (C=O) groups excluding carboxylic acids is 2. The van der Waals surface area contributed by atoms with E-state index < -0.39 is 41.8 Å². The quantitative estimate of drug-likeness (QED) is 0.332. The highest BCUT2D eigenvalue weighted by Gasteiger charge is 2.51. The standard InChI is InChI=1S/C21H29F6N7O3/c1-12(31-15-9-30-32-18(36)17(15)21(25,26)27)11-37-6-3-16(35)34-5-4-33(10-13(34)2)19-28-7-14(8-29-19)20(22,23)24/h7-8,12-13,15,17,30-31H,3-6,9-11H2,1-2H3,(H,32,36)/t12-,13-,15?,17?/m0/s1. The number of ether oxygens (including phenoxy) is 1. The molecule has 2 fully saturated rings. The first-order chi connectivity index (χ1) is 17.3. The molecule has 2 saturated heterocycles. The Balaban J connectivity index is 1.40. The van der Waals surface area contributed by atoms with E-state index in [1.54, 1.807) is 23.6 Å². The molecule has 4 atom stereocenters. The predicted molar refractivity (Wildman–Crippen MR) is 118 cm³/mol. The molecular weight excluding hydrogens is 512 g/mol. The van der Waals surface area contributed by atoms with E-state index in [1.165, 1.54) is 0 Å². The SMILES string of the molecule is C[C@@H](COCCC(=O)N1CCN(c2ncc(C(F)(F)F)cn2)C[C@@H]1C)NC1CNNC(=O)C1C(F)(F)F. The molecule has 0 radical (unpaired) electrons. The van der Waals surface area contributed by atoms with Crippen molar-refractivity contribution < 1.29 is 40.7 Å². The third kappa shape index (κ3) is 7.64. The summed E-state index contributed by atoms with van der Waals surface area (Å²) in [6, 6.07) is -1.93. The molecule has 0 saturated carbocycles. The lowest BCUT2D eigenvalue weighted by Gasteiger charge is -2.40. The van der Waals surface area contributed by atoms with Crippen LogP contribution in [0.5, 0.6) is 0 Å². The molecule has 0 spiro atoms. The van der Waals surface area contributed by atoms with Crippen LogP contribution in [0.1, 0.15) is 25.8 Å². The third-order valence-electron chi connectivity index (χ3n) is 6.09. The van der Waals surface area contributed by atoms with Gasteiger partial charge < -0.3 is 19.9 Å². The number of anilines is 1. The van der Waals surface area contributed by atoms with Crippen molar-refractivity contribution in [2.24, 2.45) is 5.92 Å². The van der Waals surface area contributed by atoms with E-state index >= 15 is 0 Å². The minimum Gasteiger partial charge on any atom is -0.379 e. The average Bonchev–Trinajstić information content (AvgIpc) is 2.80. The highest BCUT2D eigenvalue weighted by Crippen LogP contribution is 2.30. The Morgan fingerprint density at radius 3 is 2.49 bits per heavy atom. The molecule has 16 heteroatoms. The summed E-state index contributed by atoms with van der Waals surface area (Å²) in [6.07, 6.45) is -7.73. The van der Waals surface area contributed by atoms with Crippen molar-refractivity contribution in [2.75, 3.05) is 44.3 Å². The number of hydrogen-bond donors (Lipinski definition) is 3. The lowest BCUT2D eigenvalue weighted by molar-refractivity contribution is -0.193. The van der Waals surface area contributed by atoms with E-state index in [1.807, 2.05) is 5.43 Å². The van der Waals surface area contributed by atoms with E-state index in [-0.39, 0.29) is 44.1 Å². The van der Waals surface area contributed by atoms with Crippen LogP contribution in [0.25, 0.3) is 0 Å². The summed E-state index contributed by atoms with van der Waals surface area (Å²) >= 11 is 0. The summed E-state index contributed by atoms with van der Waals surface area (Å²) in [6.45, 7) is 4.38. The summed E-state index contributed by atoms with van der Waals surface area (Å²) in [5.74, 6) is -3.39. The summed E-state index contributed by atoms with van der Waals surface area (Å²) < 4.78 is 83.3. The minimum absolute atomic E-state index is 0.0323. The highest BCUT2D eigenvalue weighted by molar-refractivity contribution is 5.80. The van der Waals surface area contributed by atoms with E-state index in [0.717, 1.165) is 12.4 Å². The second-order valence-corrected chi connectivity index (χ2v) is 9.04. The number of hydrazine groups is 1. The molecule has 10 nitrogen and oxygen atoms in total. The van der Waals surface area contributed by atoms with E-state index in [2.05, 4.69) is 20.7 Å². The number of piperazine rings is 1. The molecule has 2 unspecified atom stereocenters. The van der Waals surface area contributed by atoms with Gasteiger partial charge in [0.15, 0.2) is 5.92 Å². The smallest absolute Gasteiger partial charge is 0.379 e. The molecule has 3 heterocycles. The first-order valence-electron chi connectivity index (χ1n) is 11.6. The molecule has 0 aromatic carbocycles. The van der Waals surface area contributed by atoms with Crippen LogP contribution in [0.2, 0.25) is 0 Å². The summed E-state index contributed by atoms with van der Waals surface area (Å²) in [5.41, 5.74) is 3.47. The molecule has 0 aliphatic carbocycles. The Bertz CT molecular complexity index is 931. The zero-order valence-electron chi connectivity index (χ0n) is 20.2. The van der Waals surface area contributed by atoms with Gasteiger partial charge in [0.05, 0.1) is 25.2 Å². The number of halogens is 6. The van der Waals surface area contributed by atoms with Crippen LogP contribution >= 0.6 is 0 Å². The van der Waals surface area contributed by atoms with Gasteiger partial charge >= 0.3 is 12.4 Å². The van der Waals surface area contributed by atoms with Gasteiger partial charge in [-0.05, 0) is 13.8 Å². The van der Waals surface area contributed by atoms with Gasteiger partial charge in [0.25, 0.3) is 0 Å². The van der Waals surface area contributed by atoms with Gasteiger partial charge in [0, 0.05) is 56.7 Å². The monoisotopic (exact) mass is 541 g/mol. The molecule has 1 aromatic rings. The van der Waals surface area contributed by atoms with Crippen LogP contribution < -0.4 is 21.1 Å². The van der Waals surface area contributed by atoms with Gasteiger partial charge in [-0.2, -0.15) is 26.3 Å². The maximum atomic E-state index is 13.2. The molecule has 2 aliphatic heterocycles. The van der Waals surface area contributed by atoms with Crippen LogP contribution in [0.3, 0.4) is 0 Å². The Hall–Kier alpha value is -2.72. The largest absolute Gasteiger partial charge is 0.419 e. The fourth-order valence-corrected chi connectivity index (χ4v) is 4.28. The number of rotatable bonds is 8. The lowest BCUT2D eigenvalue weighted by Crippen LogP contribution is -2.64. The van der Waals surface area contributed by atoms with Crippen molar-refractivity contribution in [3.05, 3.63) is 18.0 Å². The van der Waals surface area contributed by atoms with Gasteiger partial charge in [-0.1, -0.05) is 0 Å². The van der Waals surface area contributed by atoms with Crippen LogP contribution in [0.4, 0.5) is 32.3 Å². The predicted octanol–water partition coefficient (Wildman–Crippen LogP) is 1.10. The summed E-state index contributed by atoms with van der Waals surface area (Å²) in [4.78, 5) is 35.2. The van der Waals surface area contributed by atoms with Crippen molar-refractivity contribution in [2.45, 2.75) is 50.7 Å². The maximum absolute atomic E-state index is 13.2. The normalized spacial score (nSPS) is 24.1. The minimum atomic E-state index is -4.70. The van der Waals surface area contributed by atoms with E-state index in [0.29, 0.717) is 19.6 Å². The fraction of sp³-hybridized carbons (Fsp3) is 0.714. The van der Waals surface area contributed by atoms with Crippen LogP contribution in [-0.2, 0) is 20.5 Å². The molecule has 1 aromatic heterocycles. The molecular formula is C21H29F6N7O3. The van der Waals surface area contributed by atoms with Crippen molar-refractivity contribution in [3.8, 4) is 0 Å². The molecule has 0 bridgehead atoms. The van der Waals surface area contributed by atoms with Crippen LogP contribution in [-0.4, -0.2) is 90.4 Å². The van der Waals surface area contributed by atoms with E-state index in [9.17, 15) is 35.9 Å². The molecule has 2 aliphatic rings. The Labute approximate surface area is 209 Å². The Morgan fingerprint density at radius 1 is 1.22 bits per heavy atom. The van der Waals surface area contributed by atoms with E-state index in [4.69, 9.17) is 4.74 Å². The van der Waals surface area contributed by atoms with Gasteiger partial charge in [-0.25, -0.2) is 15.4 Å². The maximum Gasteiger partial charge on any atom is 0.419 e. The fourth-order valence-electron chi connectivity index (χ4n) is 4.28. The van der Waals surface area contributed by atoms with Crippen LogP contribution in [0, 0.1) is 5.92 Å². The highest BCUT2D eigenvalue weighted by atomic mass is 19.4. The number of hydrogen-bond acceptors (Lipinski definition) is 8. The topological polar surface area (TPSA) is 112 Å². The number of amides is 2. The molecule has 2 amide bonds. The Morgan fingerprint density at radius 2 is 1.89 bits per heavy atom. The van der Waals surface area contributed by atoms with Crippen LogP contribution in [0.15, 0.2) is 12.4 Å². The van der Waals surface area contributed by atoms with Gasteiger partial charge in [-0.15, -0.1) is 0 Å².